The Kier molecular flexibility index (Phi) is 3.22. The molecule has 1 aromatic heterocycles. The lowest BCUT2D eigenvalue weighted by Crippen LogP contribution is -2.05. The molecule has 0 saturated heterocycles. The molecule has 0 spiro atoms. The topological polar surface area (TPSA) is 55.1 Å². The first-order chi connectivity index (χ1) is 8.00. The maximum atomic E-state index is 11.0. The van der Waals surface area contributed by atoms with Crippen LogP contribution in [-0.4, -0.2) is 20.6 Å². The van der Waals surface area contributed by atoms with Gasteiger partial charge in [0, 0.05) is 17.1 Å². The number of carbonyl (C=O) groups is 1. The smallest absolute Gasteiger partial charge is 0.355 e. The fourth-order valence-electron chi connectivity index (χ4n) is 1.55. The summed E-state index contributed by atoms with van der Waals surface area (Å²) in [6, 6.07) is 7.40. The van der Waals surface area contributed by atoms with E-state index in [-0.39, 0.29) is 10.8 Å². The number of hydrogen-bond donors (Lipinski definition) is 1. The van der Waals surface area contributed by atoms with E-state index in [4.69, 9.17) is 16.7 Å². The van der Waals surface area contributed by atoms with Gasteiger partial charge in [0.05, 0.1) is 0 Å². The van der Waals surface area contributed by atoms with E-state index in [1.165, 1.54) is 4.57 Å². The molecule has 2 rings (SSSR count). The number of hydrogen-bond acceptors (Lipinski definition) is 2. The molecule has 0 amide bonds. The van der Waals surface area contributed by atoms with Crippen LogP contribution in [0.4, 0.5) is 0 Å². The minimum atomic E-state index is -1.09. The van der Waals surface area contributed by atoms with E-state index in [1.807, 2.05) is 24.3 Å². The fraction of sp³-hybridized carbons (Fsp3) is 0.0909. The quantitative estimate of drug-likeness (QED) is 0.926. The van der Waals surface area contributed by atoms with Crippen molar-refractivity contribution in [3.05, 3.63) is 39.6 Å². The molecule has 1 aromatic carbocycles. The molecule has 88 valence electrons. The number of rotatable bonds is 2. The van der Waals surface area contributed by atoms with Crippen molar-refractivity contribution >= 4 is 33.5 Å². The van der Waals surface area contributed by atoms with Gasteiger partial charge in [-0.15, -0.1) is 0 Å². The summed E-state index contributed by atoms with van der Waals surface area (Å²) in [5.74, 6) is -0.562. The van der Waals surface area contributed by atoms with Crippen molar-refractivity contribution in [3.8, 4) is 11.4 Å². The second kappa shape index (κ2) is 4.50. The van der Waals surface area contributed by atoms with Crippen LogP contribution in [0, 0.1) is 0 Å². The average molecular weight is 316 g/mol. The number of halogens is 2. The Morgan fingerprint density at radius 2 is 2.00 bits per heavy atom. The van der Waals surface area contributed by atoms with E-state index in [0.717, 1.165) is 10.0 Å². The molecule has 1 heterocycles. The van der Waals surface area contributed by atoms with E-state index in [0.29, 0.717) is 5.82 Å². The molecule has 0 fully saturated rings. The zero-order valence-electron chi connectivity index (χ0n) is 8.82. The largest absolute Gasteiger partial charge is 0.476 e. The zero-order valence-corrected chi connectivity index (χ0v) is 11.2. The summed E-state index contributed by atoms with van der Waals surface area (Å²) in [4.78, 5) is 15.1. The van der Waals surface area contributed by atoms with Gasteiger partial charge in [-0.1, -0.05) is 39.7 Å². The number of aromatic carboxylic acids is 1. The minimum absolute atomic E-state index is 0.00193. The molecule has 1 N–H and O–H groups in total. The number of carboxylic acid groups (broad SMARTS) is 1. The van der Waals surface area contributed by atoms with Gasteiger partial charge >= 0.3 is 5.97 Å². The van der Waals surface area contributed by atoms with Gasteiger partial charge in [0.25, 0.3) is 0 Å². The number of benzene rings is 1. The first-order valence-corrected chi connectivity index (χ1v) is 5.89. The molecule has 0 saturated carbocycles. The molecule has 4 nitrogen and oxygen atoms in total. The predicted octanol–water partition coefficient (Wildman–Crippen LogP) is 3.20. The third-order valence-electron chi connectivity index (χ3n) is 2.36. The molecule has 0 aliphatic rings. The molecular weight excluding hydrogens is 307 g/mol. The van der Waals surface area contributed by atoms with Gasteiger partial charge < -0.3 is 9.67 Å². The van der Waals surface area contributed by atoms with Crippen LogP contribution in [0.1, 0.15) is 10.5 Å². The molecule has 0 aliphatic carbocycles. The SMILES string of the molecule is Cn1c(-c2ccc(Br)cc2)nc(Cl)c1C(=O)O. The molecule has 0 radical (unpaired) electrons. The van der Waals surface area contributed by atoms with Crippen LogP contribution in [0.25, 0.3) is 11.4 Å². The zero-order chi connectivity index (χ0) is 12.6. The van der Waals surface area contributed by atoms with E-state index in [2.05, 4.69) is 20.9 Å². The number of aromatic nitrogens is 2. The van der Waals surface area contributed by atoms with Crippen LogP contribution in [-0.2, 0) is 7.05 Å². The molecule has 0 bridgehead atoms. The van der Waals surface area contributed by atoms with Crippen LogP contribution in [0.2, 0.25) is 5.15 Å². The van der Waals surface area contributed by atoms with E-state index < -0.39 is 5.97 Å². The van der Waals surface area contributed by atoms with Crippen molar-refractivity contribution < 1.29 is 9.90 Å². The summed E-state index contributed by atoms with van der Waals surface area (Å²) >= 11 is 9.14. The Morgan fingerprint density at radius 3 is 2.47 bits per heavy atom. The molecule has 2 aromatic rings. The first-order valence-electron chi connectivity index (χ1n) is 4.72. The normalized spacial score (nSPS) is 10.5. The molecule has 0 atom stereocenters. The maximum absolute atomic E-state index is 11.0. The monoisotopic (exact) mass is 314 g/mol. The minimum Gasteiger partial charge on any atom is -0.476 e. The summed E-state index contributed by atoms with van der Waals surface area (Å²) in [5, 5.41) is 9.00. The van der Waals surface area contributed by atoms with Gasteiger partial charge in [-0.2, -0.15) is 0 Å². The summed E-state index contributed by atoms with van der Waals surface area (Å²) < 4.78 is 2.41. The van der Waals surface area contributed by atoms with Crippen molar-refractivity contribution in [3.63, 3.8) is 0 Å². The van der Waals surface area contributed by atoms with Crippen LogP contribution < -0.4 is 0 Å². The Bertz CT molecular complexity index is 578. The molecular formula is C11H8BrClN2O2. The lowest BCUT2D eigenvalue weighted by Gasteiger charge is -2.03. The highest BCUT2D eigenvalue weighted by Crippen LogP contribution is 2.25. The highest BCUT2D eigenvalue weighted by Gasteiger charge is 2.19. The van der Waals surface area contributed by atoms with E-state index in [9.17, 15) is 4.79 Å². The lowest BCUT2D eigenvalue weighted by molar-refractivity contribution is 0.0687. The highest BCUT2D eigenvalue weighted by molar-refractivity contribution is 9.10. The van der Waals surface area contributed by atoms with E-state index in [1.54, 1.807) is 7.05 Å². The highest BCUT2D eigenvalue weighted by atomic mass is 79.9. The number of nitrogens with zero attached hydrogens (tertiary/aromatic N) is 2. The molecule has 6 heteroatoms. The third-order valence-corrected chi connectivity index (χ3v) is 3.15. The van der Waals surface area contributed by atoms with Gasteiger partial charge in [-0.05, 0) is 12.1 Å². The summed E-state index contributed by atoms with van der Waals surface area (Å²) in [7, 11) is 1.62. The fourth-order valence-corrected chi connectivity index (χ4v) is 2.11. The Hall–Kier alpha value is -1.33. The second-order valence-corrected chi connectivity index (χ2v) is 4.72. The first kappa shape index (κ1) is 12.1. The van der Waals surface area contributed by atoms with Gasteiger partial charge in [0.1, 0.15) is 5.82 Å². The van der Waals surface area contributed by atoms with Crippen molar-refractivity contribution in [1.82, 2.24) is 9.55 Å². The van der Waals surface area contributed by atoms with Gasteiger partial charge in [-0.3, -0.25) is 0 Å². The third kappa shape index (κ3) is 2.21. The van der Waals surface area contributed by atoms with Crippen LogP contribution in [0.5, 0.6) is 0 Å². The van der Waals surface area contributed by atoms with Crippen molar-refractivity contribution in [1.29, 1.82) is 0 Å². The Balaban J connectivity index is 2.57. The van der Waals surface area contributed by atoms with Crippen LogP contribution in [0.15, 0.2) is 28.7 Å². The predicted molar refractivity (Wildman–Crippen MR) is 68.3 cm³/mol. The second-order valence-electron chi connectivity index (χ2n) is 3.45. The molecule has 0 unspecified atom stereocenters. The Labute approximate surface area is 111 Å². The average Bonchev–Trinajstić information content (AvgIpc) is 2.55. The number of imidazole rings is 1. The summed E-state index contributed by atoms with van der Waals surface area (Å²) in [6.07, 6.45) is 0. The standard InChI is InChI=1S/C11H8BrClN2O2/c1-15-8(11(16)17)9(13)14-10(15)6-2-4-7(12)5-3-6/h2-5H,1H3,(H,16,17). The number of carboxylic acids is 1. The van der Waals surface area contributed by atoms with Gasteiger partial charge in [0.15, 0.2) is 10.8 Å². The Morgan fingerprint density at radius 1 is 1.41 bits per heavy atom. The molecule has 17 heavy (non-hydrogen) atoms. The summed E-state index contributed by atoms with van der Waals surface area (Å²) in [6.45, 7) is 0. The maximum Gasteiger partial charge on any atom is 0.355 e. The lowest BCUT2D eigenvalue weighted by atomic mass is 10.2. The summed E-state index contributed by atoms with van der Waals surface area (Å²) in [5.41, 5.74) is 0.801. The van der Waals surface area contributed by atoms with Crippen LogP contribution in [0.3, 0.4) is 0 Å². The van der Waals surface area contributed by atoms with Crippen LogP contribution >= 0.6 is 27.5 Å². The van der Waals surface area contributed by atoms with E-state index >= 15 is 0 Å². The van der Waals surface area contributed by atoms with Crippen molar-refractivity contribution in [2.45, 2.75) is 0 Å². The van der Waals surface area contributed by atoms with Crippen molar-refractivity contribution in [2.24, 2.45) is 7.05 Å². The van der Waals surface area contributed by atoms with Crippen molar-refractivity contribution in [2.75, 3.05) is 0 Å². The molecule has 0 aliphatic heterocycles. The van der Waals surface area contributed by atoms with Gasteiger partial charge in [0.2, 0.25) is 0 Å². The van der Waals surface area contributed by atoms with Gasteiger partial charge in [-0.25, -0.2) is 9.78 Å².